The van der Waals surface area contributed by atoms with Crippen LogP contribution in [-0.4, -0.2) is 49.1 Å². The Labute approximate surface area is 221 Å². The number of nitrogens with one attached hydrogen (secondary N) is 3. The molecule has 10 heteroatoms. The summed E-state index contributed by atoms with van der Waals surface area (Å²) in [5.41, 5.74) is 6.23. The van der Waals surface area contributed by atoms with Gasteiger partial charge < -0.3 is 20.6 Å². The Kier molecular flexibility index (Phi) is 9.09. The standard InChI is InChI=1S/C28H35F2N5O3/c1-19(36)33-26(15-20-13-22(29)17-23(30)14-20)27(37)18-31-28(9-7-24(8-10-28)34-38-2)21-5-3-6-25(16-21)35-12-4-11-32-35/h3-6,12-14,16-17,26-27,31-32,37H,7-11,15,18H2,1-2H3,(H,33,36). The van der Waals surface area contributed by atoms with E-state index >= 15 is 0 Å². The highest BCUT2D eigenvalue weighted by Crippen LogP contribution is 2.38. The Balaban J connectivity index is 1.55. The number of carbonyl (C=O) groups is 1. The number of rotatable bonds is 10. The van der Waals surface area contributed by atoms with Gasteiger partial charge in [-0.05, 0) is 67.5 Å². The van der Waals surface area contributed by atoms with Crippen molar-refractivity contribution in [1.82, 2.24) is 16.1 Å². The molecule has 0 spiro atoms. The van der Waals surface area contributed by atoms with Crippen LogP contribution in [0.1, 0.15) is 43.7 Å². The van der Waals surface area contributed by atoms with E-state index in [9.17, 15) is 18.7 Å². The van der Waals surface area contributed by atoms with Crippen LogP contribution < -0.4 is 21.1 Å². The van der Waals surface area contributed by atoms with Crippen LogP contribution in [0.5, 0.6) is 0 Å². The molecule has 1 saturated carbocycles. The first-order valence-electron chi connectivity index (χ1n) is 12.8. The van der Waals surface area contributed by atoms with Crippen LogP contribution in [0.25, 0.3) is 0 Å². The zero-order chi connectivity index (χ0) is 27.1. The van der Waals surface area contributed by atoms with Gasteiger partial charge in [0.05, 0.1) is 23.5 Å². The van der Waals surface area contributed by atoms with Crippen molar-refractivity contribution < 1.29 is 23.5 Å². The van der Waals surface area contributed by atoms with E-state index in [1.807, 2.05) is 29.4 Å². The molecule has 0 saturated heterocycles. The summed E-state index contributed by atoms with van der Waals surface area (Å²) < 4.78 is 27.5. The minimum atomic E-state index is -1.01. The Morgan fingerprint density at radius 3 is 2.58 bits per heavy atom. The summed E-state index contributed by atoms with van der Waals surface area (Å²) >= 11 is 0. The molecular formula is C28H35F2N5O3. The van der Waals surface area contributed by atoms with E-state index in [0.717, 1.165) is 55.3 Å². The molecule has 2 aliphatic rings. The van der Waals surface area contributed by atoms with Gasteiger partial charge in [0.1, 0.15) is 18.7 Å². The summed E-state index contributed by atoms with van der Waals surface area (Å²) in [4.78, 5) is 16.9. The van der Waals surface area contributed by atoms with Gasteiger partial charge in [0.15, 0.2) is 0 Å². The maximum Gasteiger partial charge on any atom is 0.217 e. The SMILES string of the molecule is CON=C1CCC(NCC(O)C(Cc2cc(F)cc(F)c2)NC(C)=O)(c2cccc(N3C=CCN3)c2)CC1. The van der Waals surface area contributed by atoms with Crippen LogP contribution in [0.2, 0.25) is 0 Å². The number of carbonyl (C=O) groups excluding carboxylic acids is 1. The molecule has 38 heavy (non-hydrogen) atoms. The fraction of sp³-hybridized carbons (Fsp3) is 0.429. The average molecular weight is 528 g/mol. The van der Waals surface area contributed by atoms with E-state index in [2.05, 4.69) is 33.3 Å². The van der Waals surface area contributed by atoms with Crippen LogP contribution in [-0.2, 0) is 21.6 Å². The second-order valence-electron chi connectivity index (χ2n) is 9.83. The van der Waals surface area contributed by atoms with Crippen molar-refractivity contribution in [3.05, 3.63) is 77.5 Å². The van der Waals surface area contributed by atoms with E-state index in [-0.39, 0.29) is 18.9 Å². The Hall–Kier alpha value is -3.34. The maximum absolute atomic E-state index is 13.8. The van der Waals surface area contributed by atoms with Crippen molar-refractivity contribution in [2.24, 2.45) is 5.16 Å². The molecule has 2 atom stereocenters. The summed E-state index contributed by atoms with van der Waals surface area (Å²) in [5.74, 6) is -1.74. The van der Waals surface area contributed by atoms with Crippen molar-refractivity contribution in [1.29, 1.82) is 0 Å². The summed E-state index contributed by atoms with van der Waals surface area (Å²) in [7, 11) is 1.54. The molecule has 1 aliphatic heterocycles. The van der Waals surface area contributed by atoms with Crippen LogP contribution in [0.15, 0.2) is 59.9 Å². The second-order valence-corrected chi connectivity index (χ2v) is 9.83. The number of aliphatic hydroxyl groups excluding tert-OH is 1. The van der Waals surface area contributed by atoms with Gasteiger partial charge in [0, 0.05) is 37.8 Å². The van der Waals surface area contributed by atoms with Crippen molar-refractivity contribution >= 4 is 17.3 Å². The quantitative estimate of drug-likeness (QED) is 0.354. The van der Waals surface area contributed by atoms with Crippen LogP contribution >= 0.6 is 0 Å². The third kappa shape index (κ3) is 6.94. The highest BCUT2D eigenvalue weighted by molar-refractivity contribution is 5.85. The predicted octanol–water partition coefficient (Wildman–Crippen LogP) is 3.27. The first-order valence-corrected chi connectivity index (χ1v) is 12.8. The number of aliphatic hydroxyl groups is 1. The number of halogens is 2. The highest BCUT2D eigenvalue weighted by atomic mass is 19.1. The summed E-state index contributed by atoms with van der Waals surface area (Å²) in [6.07, 6.45) is 6.00. The van der Waals surface area contributed by atoms with Gasteiger partial charge in [0.25, 0.3) is 0 Å². The van der Waals surface area contributed by atoms with Crippen LogP contribution in [0.4, 0.5) is 14.5 Å². The topological polar surface area (TPSA) is 98.2 Å². The minimum Gasteiger partial charge on any atom is -0.399 e. The number of hydrazine groups is 1. The third-order valence-electron chi connectivity index (χ3n) is 7.09. The number of anilines is 1. The molecule has 1 heterocycles. The summed E-state index contributed by atoms with van der Waals surface area (Å²) in [6.45, 7) is 2.27. The van der Waals surface area contributed by atoms with E-state index in [1.165, 1.54) is 26.2 Å². The third-order valence-corrected chi connectivity index (χ3v) is 7.09. The Morgan fingerprint density at radius 1 is 1.21 bits per heavy atom. The molecule has 1 aliphatic carbocycles. The molecule has 4 rings (SSSR count). The largest absolute Gasteiger partial charge is 0.399 e. The zero-order valence-electron chi connectivity index (χ0n) is 21.7. The lowest BCUT2D eigenvalue weighted by Gasteiger charge is -2.41. The van der Waals surface area contributed by atoms with Gasteiger partial charge in [-0.15, -0.1) is 0 Å². The number of hydrogen-bond donors (Lipinski definition) is 4. The molecule has 0 aromatic heterocycles. The van der Waals surface area contributed by atoms with E-state index < -0.39 is 29.3 Å². The van der Waals surface area contributed by atoms with E-state index in [4.69, 9.17) is 4.84 Å². The van der Waals surface area contributed by atoms with Gasteiger partial charge in [-0.2, -0.15) is 0 Å². The fourth-order valence-electron chi connectivity index (χ4n) is 5.22. The van der Waals surface area contributed by atoms with Crippen molar-refractivity contribution in [2.45, 2.75) is 56.7 Å². The van der Waals surface area contributed by atoms with Gasteiger partial charge in [0.2, 0.25) is 5.91 Å². The van der Waals surface area contributed by atoms with Gasteiger partial charge in [-0.3, -0.25) is 9.80 Å². The van der Waals surface area contributed by atoms with E-state index in [1.54, 1.807) is 0 Å². The number of nitrogens with zero attached hydrogens (tertiary/aromatic N) is 2. The minimum absolute atomic E-state index is 0.0806. The highest BCUT2D eigenvalue weighted by Gasteiger charge is 2.37. The van der Waals surface area contributed by atoms with E-state index in [0.29, 0.717) is 5.56 Å². The maximum atomic E-state index is 13.8. The predicted molar refractivity (Wildman–Crippen MR) is 142 cm³/mol. The lowest BCUT2D eigenvalue weighted by molar-refractivity contribution is -0.120. The van der Waals surface area contributed by atoms with Crippen molar-refractivity contribution in [3.8, 4) is 0 Å². The van der Waals surface area contributed by atoms with Crippen LogP contribution in [0, 0.1) is 11.6 Å². The molecule has 8 nitrogen and oxygen atoms in total. The van der Waals surface area contributed by atoms with Gasteiger partial charge in [-0.1, -0.05) is 23.4 Å². The molecule has 204 valence electrons. The van der Waals surface area contributed by atoms with Gasteiger partial charge in [-0.25, -0.2) is 14.2 Å². The first kappa shape index (κ1) is 27.7. The Bertz CT molecular complexity index is 1160. The monoisotopic (exact) mass is 527 g/mol. The molecule has 1 fully saturated rings. The molecule has 2 unspecified atom stereocenters. The molecule has 0 radical (unpaired) electrons. The first-order chi connectivity index (χ1) is 18.3. The zero-order valence-corrected chi connectivity index (χ0v) is 21.7. The van der Waals surface area contributed by atoms with Crippen molar-refractivity contribution in [3.63, 3.8) is 0 Å². The number of amides is 1. The average Bonchev–Trinajstić information content (AvgIpc) is 3.43. The number of oxime groups is 1. The molecule has 2 aromatic rings. The fourth-order valence-corrected chi connectivity index (χ4v) is 5.22. The molecule has 1 amide bonds. The summed E-state index contributed by atoms with van der Waals surface area (Å²) in [6, 6.07) is 10.7. The molecule has 4 N–H and O–H groups in total. The normalized spacial score (nSPS) is 20.8. The molecular weight excluding hydrogens is 492 g/mol. The Morgan fingerprint density at radius 2 is 1.95 bits per heavy atom. The molecule has 0 bridgehead atoms. The summed E-state index contributed by atoms with van der Waals surface area (Å²) in [5, 5.41) is 23.6. The lowest BCUT2D eigenvalue weighted by Crippen LogP contribution is -2.53. The lowest BCUT2D eigenvalue weighted by atomic mass is 9.75. The van der Waals surface area contributed by atoms with Crippen LogP contribution in [0.3, 0.4) is 0 Å². The van der Waals surface area contributed by atoms with Gasteiger partial charge >= 0.3 is 0 Å². The van der Waals surface area contributed by atoms with Crippen molar-refractivity contribution in [2.75, 3.05) is 25.2 Å². The molecule has 2 aromatic carbocycles. The number of hydrogen-bond acceptors (Lipinski definition) is 7. The second kappa shape index (κ2) is 12.5. The smallest absolute Gasteiger partial charge is 0.217 e. The number of benzene rings is 2.